The Labute approximate surface area is 156 Å². The molecule has 2 rings (SSSR count). The maximum absolute atomic E-state index is 10.3. The predicted octanol–water partition coefficient (Wildman–Crippen LogP) is 1.51. The number of likely N-dealkylation sites (N-methyl/N-ethyl adjacent to an activating group) is 1. The number of hydrogen-bond donors (Lipinski definition) is 2. The lowest BCUT2D eigenvalue weighted by Crippen LogP contribution is -2.41. The summed E-state index contributed by atoms with van der Waals surface area (Å²) in [6.45, 7) is 7.69. The zero-order valence-electron chi connectivity index (χ0n) is 15.9. The number of β-amino-alcohol motifs (C(OH)–C–C–N with tert-alkyl or cyclic N) is 1. The minimum atomic E-state index is -0.564. The van der Waals surface area contributed by atoms with Gasteiger partial charge in [0.25, 0.3) is 0 Å². The number of rotatable bonds is 10. The lowest BCUT2D eigenvalue weighted by molar-refractivity contribution is 0.0335. The Morgan fingerprint density at radius 1 is 1.38 bits per heavy atom. The molecule has 26 heavy (non-hydrogen) atoms. The Morgan fingerprint density at radius 3 is 2.77 bits per heavy atom. The highest BCUT2D eigenvalue weighted by Gasteiger charge is 2.20. The van der Waals surface area contributed by atoms with Gasteiger partial charge >= 0.3 is 0 Å². The summed E-state index contributed by atoms with van der Waals surface area (Å²) in [4.78, 5) is 4.30. The molecule has 146 valence electrons. The third-order valence-corrected chi connectivity index (χ3v) is 4.61. The predicted molar refractivity (Wildman–Crippen MR) is 103 cm³/mol. The average Bonchev–Trinajstić information content (AvgIpc) is 2.62. The zero-order valence-corrected chi connectivity index (χ0v) is 15.9. The van der Waals surface area contributed by atoms with Gasteiger partial charge in [-0.15, -0.1) is 6.58 Å². The molecular formula is C20H32N2O4. The number of likely N-dealkylation sites (tertiary alicyclic amines) is 1. The minimum Gasteiger partial charge on any atom is -0.497 e. The van der Waals surface area contributed by atoms with Gasteiger partial charge in [0.1, 0.15) is 24.2 Å². The maximum atomic E-state index is 10.3. The van der Waals surface area contributed by atoms with Crippen LogP contribution in [-0.2, 0) is 6.54 Å². The van der Waals surface area contributed by atoms with Gasteiger partial charge in [-0.25, -0.2) is 0 Å². The van der Waals surface area contributed by atoms with Crippen molar-refractivity contribution < 1.29 is 19.7 Å². The first kappa shape index (κ1) is 20.7. The SMILES string of the molecule is C=CCN(C)Cc1cc(OC)ccc1OC[C@@H](O)CN1CCC(O)CC1. The lowest BCUT2D eigenvalue weighted by Gasteiger charge is -2.31. The summed E-state index contributed by atoms with van der Waals surface area (Å²) in [7, 11) is 3.66. The van der Waals surface area contributed by atoms with Gasteiger partial charge in [0.2, 0.25) is 0 Å². The van der Waals surface area contributed by atoms with Crippen molar-refractivity contribution in [1.82, 2.24) is 9.80 Å². The van der Waals surface area contributed by atoms with Crippen molar-refractivity contribution in [3.05, 3.63) is 36.4 Å². The van der Waals surface area contributed by atoms with E-state index in [1.807, 2.05) is 31.3 Å². The smallest absolute Gasteiger partial charge is 0.124 e. The van der Waals surface area contributed by atoms with Crippen molar-refractivity contribution in [2.45, 2.75) is 31.6 Å². The van der Waals surface area contributed by atoms with Crippen LogP contribution in [0, 0.1) is 0 Å². The van der Waals surface area contributed by atoms with Crippen LogP contribution in [0.25, 0.3) is 0 Å². The van der Waals surface area contributed by atoms with E-state index in [1.165, 1.54) is 0 Å². The third-order valence-electron chi connectivity index (χ3n) is 4.61. The van der Waals surface area contributed by atoms with Gasteiger partial charge in [-0.1, -0.05) is 6.08 Å². The monoisotopic (exact) mass is 364 g/mol. The van der Waals surface area contributed by atoms with Gasteiger partial charge < -0.3 is 24.6 Å². The Hall–Kier alpha value is -1.60. The van der Waals surface area contributed by atoms with Crippen LogP contribution in [0.4, 0.5) is 0 Å². The van der Waals surface area contributed by atoms with E-state index in [0.29, 0.717) is 13.1 Å². The van der Waals surface area contributed by atoms with Crippen LogP contribution >= 0.6 is 0 Å². The molecule has 0 aliphatic carbocycles. The molecule has 0 spiro atoms. The fourth-order valence-electron chi connectivity index (χ4n) is 3.16. The number of ether oxygens (including phenoxy) is 2. The number of benzene rings is 1. The minimum absolute atomic E-state index is 0.200. The fourth-order valence-corrected chi connectivity index (χ4v) is 3.16. The van der Waals surface area contributed by atoms with E-state index in [9.17, 15) is 10.2 Å². The Kier molecular flexibility index (Phi) is 8.38. The molecule has 0 saturated carbocycles. The summed E-state index contributed by atoms with van der Waals surface area (Å²) in [6, 6.07) is 5.72. The van der Waals surface area contributed by atoms with Crippen LogP contribution < -0.4 is 9.47 Å². The summed E-state index contributed by atoms with van der Waals surface area (Å²) in [5.74, 6) is 1.54. The summed E-state index contributed by atoms with van der Waals surface area (Å²) < 4.78 is 11.2. The van der Waals surface area contributed by atoms with Crippen LogP contribution in [0.15, 0.2) is 30.9 Å². The summed E-state index contributed by atoms with van der Waals surface area (Å²) >= 11 is 0. The second-order valence-electron chi connectivity index (χ2n) is 6.96. The summed E-state index contributed by atoms with van der Waals surface area (Å²) in [6.07, 6.45) is 2.64. The number of piperidine rings is 1. The molecule has 0 amide bonds. The van der Waals surface area contributed by atoms with E-state index >= 15 is 0 Å². The van der Waals surface area contributed by atoms with Crippen LogP contribution in [-0.4, -0.2) is 79.2 Å². The third kappa shape index (κ3) is 6.61. The van der Waals surface area contributed by atoms with Crippen molar-refractivity contribution in [2.75, 3.05) is 46.9 Å². The van der Waals surface area contributed by atoms with Gasteiger partial charge in [0, 0.05) is 38.3 Å². The highest BCUT2D eigenvalue weighted by molar-refractivity contribution is 5.40. The number of aliphatic hydroxyl groups is 2. The van der Waals surface area contributed by atoms with Crippen LogP contribution in [0.1, 0.15) is 18.4 Å². The highest BCUT2D eigenvalue weighted by Crippen LogP contribution is 2.25. The molecule has 1 fully saturated rings. The molecule has 1 saturated heterocycles. The van der Waals surface area contributed by atoms with E-state index in [4.69, 9.17) is 9.47 Å². The molecule has 6 heteroatoms. The summed E-state index contributed by atoms with van der Waals surface area (Å²) in [5, 5.41) is 19.9. The highest BCUT2D eigenvalue weighted by atomic mass is 16.5. The van der Waals surface area contributed by atoms with Crippen molar-refractivity contribution in [1.29, 1.82) is 0 Å². The molecule has 1 aromatic carbocycles. The number of aliphatic hydroxyl groups excluding tert-OH is 2. The van der Waals surface area contributed by atoms with Crippen molar-refractivity contribution in [3.63, 3.8) is 0 Å². The van der Waals surface area contributed by atoms with E-state index in [0.717, 1.165) is 49.5 Å². The topological polar surface area (TPSA) is 65.4 Å². The quantitative estimate of drug-likeness (QED) is 0.614. The van der Waals surface area contributed by atoms with Crippen molar-refractivity contribution >= 4 is 0 Å². The molecule has 0 radical (unpaired) electrons. The van der Waals surface area contributed by atoms with Crippen LogP contribution in [0.2, 0.25) is 0 Å². The largest absolute Gasteiger partial charge is 0.497 e. The first-order valence-electron chi connectivity index (χ1n) is 9.19. The first-order chi connectivity index (χ1) is 12.5. The Morgan fingerprint density at radius 2 is 2.12 bits per heavy atom. The molecule has 1 atom stereocenters. The molecule has 2 N–H and O–H groups in total. The number of methoxy groups -OCH3 is 1. The van der Waals surface area contributed by atoms with E-state index < -0.39 is 6.10 Å². The molecule has 1 aromatic rings. The zero-order chi connectivity index (χ0) is 18.9. The maximum Gasteiger partial charge on any atom is 0.124 e. The number of nitrogens with zero attached hydrogens (tertiary/aromatic N) is 2. The van der Waals surface area contributed by atoms with Crippen LogP contribution in [0.3, 0.4) is 0 Å². The Bertz CT molecular complexity index is 559. The first-order valence-corrected chi connectivity index (χ1v) is 9.19. The van der Waals surface area contributed by atoms with Crippen molar-refractivity contribution in [3.8, 4) is 11.5 Å². The number of hydrogen-bond acceptors (Lipinski definition) is 6. The van der Waals surface area contributed by atoms with Crippen LogP contribution in [0.5, 0.6) is 11.5 Å². The van der Waals surface area contributed by atoms with Crippen molar-refractivity contribution in [2.24, 2.45) is 0 Å². The van der Waals surface area contributed by atoms with Gasteiger partial charge in [0.05, 0.1) is 13.2 Å². The average molecular weight is 364 g/mol. The molecule has 1 aliphatic rings. The fraction of sp³-hybridized carbons (Fsp3) is 0.600. The summed E-state index contributed by atoms with van der Waals surface area (Å²) in [5.41, 5.74) is 1.02. The van der Waals surface area contributed by atoms with Gasteiger partial charge in [-0.05, 0) is 38.1 Å². The van der Waals surface area contributed by atoms with E-state index in [1.54, 1.807) is 7.11 Å². The Balaban J connectivity index is 1.91. The molecule has 1 heterocycles. The lowest BCUT2D eigenvalue weighted by atomic mass is 10.1. The standard InChI is InChI=1S/C20H32N2O4/c1-4-9-21(2)13-16-12-19(25-3)5-6-20(16)26-15-18(24)14-22-10-7-17(23)8-11-22/h4-6,12,17-18,23-24H,1,7-11,13-15H2,2-3H3/t18-/m0/s1. The van der Waals surface area contributed by atoms with Gasteiger partial charge in [0.15, 0.2) is 0 Å². The normalized spacial score (nSPS) is 17.3. The molecule has 1 aliphatic heterocycles. The molecule has 0 unspecified atom stereocenters. The van der Waals surface area contributed by atoms with E-state index in [-0.39, 0.29) is 12.7 Å². The molecule has 0 aromatic heterocycles. The van der Waals surface area contributed by atoms with Gasteiger partial charge in [-0.2, -0.15) is 0 Å². The molecule has 6 nitrogen and oxygen atoms in total. The second kappa shape index (κ2) is 10.5. The molecular weight excluding hydrogens is 332 g/mol. The second-order valence-corrected chi connectivity index (χ2v) is 6.96. The van der Waals surface area contributed by atoms with E-state index in [2.05, 4.69) is 16.4 Å². The van der Waals surface area contributed by atoms with Gasteiger partial charge in [-0.3, -0.25) is 4.90 Å². The molecule has 0 bridgehead atoms.